The van der Waals surface area contributed by atoms with Crippen LogP contribution in [0.25, 0.3) is 10.9 Å². The molecule has 1 fully saturated rings. The number of ether oxygens (including phenoxy) is 1. The molecule has 0 aliphatic heterocycles. The van der Waals surface area contributed by atoms with Crippen LogP contribution in [0.4, 0.5) is 9.18 Å². The number of sulfonamides is 1. The molecular weight excluding hydrogens is 447 g/mol. The van der Waals surface area contributed by atoms with Crippen LogP contribution in [0.3, 0.4) is 0 Å². The molecule has 1 saturated carbocycles. The van der Waals surface area contributed by atoms with Crippen molar-refractivity contribution in [2.75, 3.05) is 6.54 Å². The molecule has 0 spiro atoms. The molecule has 0 bridgehead atoms. The smallest absolute Gasteiger partial charge is 0.407 e. The van der Waals surface area contributed by atoms with Gasteiger partial charge in [0.05, 0.1) is 16.1 Å². The number of halogens is 1. The van der Waals surface area contributed by atoms with Gasteiger partial charge < -0.3 is 10.1 Å². The lowest BCUT2D eigenvalue weighted by Gasteiger charge is -2.21. The van der Waals surface area contributed by atoms with Crippen LogP contribution in [-0.2, 0) is 27.6 Å². The summed E-state index contributed by atoms with van der Waals surface area (Å²) in [6.07, 6.45) is 2.21. The Kier molecular flexibility index (Phi) is 5.89. The van der Waals surface area contributed by atoms with Gasteiger partial charge in [0, 0.05) is 23.9 Å². The van der Waals surface area contributed by atoms with Crippen LogP contribution >= 0.6 is 0 Å². The zero-order chi connectivity index (χ0) is 24.2. The second kappa shape index (κ2) is 8.16. The summed E-state index contributed by atoms with van der Waals surface area (Å²) in [4.78, 5) is 12.4. The number of amides is 1. The Hall–Kier alpha value is -2.33. The predicted octanol–water partition coefficient (Wildman–Crippen LogP) is 3.53. The molecule has 1 aromatic heterocycles. The number of nitrogens with one attached hydrogen (secondary N) is 2. The predicted molar refractivity (Wildman–Crippen MR) is 122 cm³/mol. The number of hydrogen-bond donors (Lipinski definition) is 2. The Morgan fingerprint density at radius 2 is 1.85 bits per heavy atom. The number of hydrogen-bond acceptors (Lipinski definition) is 6. The van der Waals surface area contributed by atoms with Crippen LogP contribution in [0.2, 0.25) is 0 Å². The van der Waals surface area contributed by atoms with E-state index in [0.29, 0.717) is 35.2 Å². The Morgan fingerprint density at radius 1 is 1.15 bits per heavy atom. The first kappa shape index (κ1) is 23.8. The minimum Gasteiger partial charge on any atom is -0.444 e. The van der Waals surface area contributed by atoms with Crippen LogP contribution in [0.1, 0.15) is 70.2 Å². The fraction of sp³-hybridized carbons (Fsp3) is 0.609. The van der Waals surface area contributed by atoms with Crippen LogP contribution in [0.5, 0.6) is 0 Å². The first-order valence-electron chi connectivity index (χ1n) is 11.2. The molecule has 1 aromatic carbocycles. The average molecular weight is 479 g/mol. The molecule has 1 unspecified atom stereocenters. The largest absolute Gasteiger partial charge is 0.444 e. The lowest BCUT2D eigenvalue weighted by atomic mass is 10.1. The number of fused-ring (bicyclic) bond motifs is 2. The van der Waals surface area contributed by atoms with E-state index < -0.39 is 27.4 Å². The third-order valence-electron chi connectivity index (χ3n) is 5.64. The first-order chi connectivity index (χ1) is 15.2. The molecule has 2 aromatic rings. The number of benzene rings is 1. The molecule has 10 heteroatoms. The number of nitrogens with zero attached hydrogens (tertiary/aromatic N) is 2. The van der Waals surface area contributed by atoms with Gasteiger partial charge in [-0.2, -0.15) is 10.2 Å². The van der Waals surface area contributed by atoms with E-state index in [0.717, 1.165) is 24.1 Å². The van der Waals surface area contributed by atoms with Crippen molar-refractivity contribution < 1.29 is 22.3 Å². The van der Waals surface area contributed by atoms with Crippen molar-refractivity contribution in [2.45, 2.75) is 88.4 Å². The van der Waals surface area contributed by atoms with Crippen molar-refractivity contribution in [2.24, 2.45) is 0 Å². The lowest BCUT2D eigenvalue weighted by Crippen LogP contribution is -2.39. The zero-order valence-electron chi connectivity index (χ0n) is 19.7. The van der Waals surface area contributed by atoms with Gasteiger partial charge in [0.25, 0.3) is 0 Å². The summed E-state index contributed by atoms with van der Waals surface area (Å²) in [5.41, 5.74) is 0.276. The number of carbonyl (C=O) groups excluding carboxylic acids is 1. The first-order valence-corrected chi connectivity index (χ1v) is 12.7. The maximum Gasteiger partial charge on any atom is 0.407 e. The van der Waals surface area contributed by atoms with E-state index in [4.69, 9.17) is 4.74 Å². The van der Waals surface area contributed by atoms with Gasteiger partial charge >= 0.3 is 6.09 Å². The highest BCUT2D eigenvalue weighted by Gasteiger charge is 2.35. The molecule has 180 valence electrons. The number of aromatic nitrogens is 2. The molecule has 2 aliphatic rings. The Morgan fingerprint density at radius 3 is 2.45 bits per heavy atom. The summed E-state index contributed by atoms with van der Waals surface area (Å²) in [6, 6.07) is 3.31. The van der Waals surface area contributed by atoms with E-state index in [1.165, 1.54) is 13.8 Å². The van der Waals surface area contributed by atoms with E-state index >= 15 is 0 Å². The van der Waals surface area contributed by atoms with Gasteiger partial charge in [0.1, 0.15) is 11.3 Å². The fourth-order valence-corrected chi connectivity index (χ4v) is 5.73. The highest BCUT2D eigenvalue weighted by molar-refractivity contribution is 7.89. The van der Waals surface area contributed by atoms with E-state index in [2.05, 4.69) is 20.2 Å². The molecule has 4 rings (SSSR count). The quantitative estimate of drug-likeness (QED) is 0.657. The highest BCUT2D eigenvalue weighted by atomic mass is 32.2. The summed E-state index contributed by atoms with van der Waals surface area (Å²) < 4.78 is 48.8. The maximum atomic E-state index is 14.1. The van der Waals surface area contributed by atoms with Crippen LogP contribution in [0.15, 0.2) is 17.0 Å². The van der Waals surface area contributed by atoms with Crippen molar-refractivity contribution in [1.82, 2.24) is 20.2 Å². The van der Waals surface area contributed by atoms with Crippen molar-refractivity contribution in [1.29, 1.82) is 0 Å². The third kappa shape index (κ3) is 5.60. The third-order valence-corrected chi connectivity index (χ3v) is 7.17. The normalized spacial score (nSPS) is 18.9. The summed E-state index contributed by atoms with van der Waals surface area (Å²) in [7, 11) is -4.05. The Labute approximate surface area is 193 Å². The molecule has 1 atom stereocenters. The second-order valence-electron chi connectivity index (χ2n) is 10.6. The SMILES string of the molecule is CC(C)(F)CNS(=O)(=O)c1c2c(cc3nnc(C4CC4)cc13)CC(NC(=O)OC(C)(C)C)C2. The molecular formula is C23H31FN4O4S. The summed E-state index contributed by atoms with van der Waals surface area (Å²) >= 11 is 0. The van der Waals surface area contributed by atoms with Crippen LogP contribution in [0, 0.1) is 0 Å². The van der Waals surface area contributed by atoms with E-state index in [1.54, 1.807) is 26.8 Å². The van der Waals surface area contributed by atoms with Crippen molar-refractivity contribution >= 4 is 27.0 Å². The maximum absolute atomic E-state index is 14.1. The van der Waals surface area contributed by atoms with E-state index in [1.807, 2.05) is 6.07 Å². The topological polar surface area (TPSA) is 110 Å². The summed E-state index contributed by atoms with van der Waals surface area (Å²) in [5.74, 6) is 0.296. The summed E-state index contributed by atoms with van der Waals surface area (Å²) in [5, 5.41) is 11.9. The number of rotatable bonds is 6. The molecule has 0 saturated heterocycles. The van der Waals surface area contributed by atoms with Gasteiger partial charge in [0.2, 0.25) is 10.0 Å². The number of carbonyl (C=O) groups is 1. The minimum atomic E-state index is -4.05. The minimum absolute atomic E-state index is 0.101. The van der Waals surface area contributed by atoms with Gasteiger partial charge in [-0.05, 0) is 83.6 Å². The number of alkyl carbamates (subject to hydrolysis) is 1. The van der Waals surface area contributed by atoms with Gasteiger partial charge in [-0.1, -0.05) is 0 Å². The van der Waals surface area contributed by atoms with Crippen molar-refractivity contribution in [3.8, 4) is 0 Å². The fourth-order valence-electron chi connectivity index (χ4n) is 4.06. The Bertz CT molecular complexity index is 1200. The van der Waals surface area contributed by atoms with Crippen molar-refractivity contribution in [3.05, 3.63) is 29.0 Å². The molecule has 0 radical (unpaired) electrons. The summed E-state index contributed by atoms with van der Waals surface area (Å²) in [6.45, 7) is 7.62. The monoisotopic (exact) mass is 478 g/mol. The molecule has 33 heavy (non-hydrogen) atoms. The molecule has 1 amide bonds. The highest BCUT2D eigenvalue weighted by Crippen LogP contribution is 2.41. The number of alkyl halides is 1. The average Bonchev–Trinajstić information content (AvgIpc) is 3.43. The van der Waals surface area contributed by atoms with Gasteiger partial charge in [-0.15, -0.1) is 0 Å². The van der Waals surface area contributed by atoms with Crippen LogP contribution < -0.4 is 10.0 Å². The van der Waals surface area contributed by atoms with Gasteiger partial charge in [-0.25, -0.2) is 22.3 Å². The van der Waals surface area contributed by atoms with E-state index in [-0.39, 0.29) is 17.5 Å². The standard InChI is InChI=1S/C23H31FN4O4S/c1-22(2,3)32-21(29)26-15-8-14-9-19-17(11-18(27-28-19)13-6-7-13)20(16(14)10-15)33(30,31)25-12-23(4,5)24/h9,11,13,15,25H,6-8,10,12H2,1-5H3,(H,26,29). The second-order valence-corrected chi connectivity index (χ2v) is 12.3. The Balaban J connectivity index is 1.74. The molecule has 8 nitrogen and oxygen atoms in total. The molecule has 1 heterocycles. The molecule has 2 aliphatic carbocycles. The van der Waals surface area contributed by atoms with Crippen molar-refractivity contribution in [3.63, 3.8) is 0 Å². The molecule has 2 N–H and O–H groups in total. The lowest BCUT2D eigenvalue weighted by molar-refractivity contribution is 0.0506. The van der Waals surface area contributed by atoms with Crippen LogP contribution in [-0.4, -0.2) is 48.6 Å². The van der Waals surface area contributed by atoms with E-state index in [9.17, 15) is 17.6 Å². The zero-order valence-corrected chi connectivity index (χ0v) is 20.5. The van der Waals surface area contributed by atoms with Gasteiger partial charge in [-0.3, -0.25) is 0 Å². The van der Waals surface area contributed by atoms with Gasteiger partial charge in [0.15, 0.2) is 0 Å².